The van der Waals surface area contributed by atoms with Crippen molar-refractivity contribution in [3.63, 3.8) is 0 Å². The largest absolute Gasteiger partial charge is 0.434 e. The summed E-state index contributed by atoms with van der Waals surface area (Å²) in [5, 5.41) is 5.15. The Kier molecular flexibility index (Phi) is 4.50. The molecule has 2 nitrogen and oxygen atoms in total. The Labute approximate surface area is 115 Å². The lowest BCUT2D eigenvalue weighted by atomic mass is 9.99. The molecule has 0 saturated heterocycles. The maximum Gasteiger partial charge on any atom is 0.387 e. The number of hydrogen-bond donors (Lipinski definition) is 1. The zero-order chi connectivity index (χ0) is 13.8. The van der Waals surface area contributed by atoms with Gasteiger partial charge in [0.1, 0.15) is 5.75 Å². The van der Waals surface area contributed by atoms with Crippen LogP contribution in [0, 0.1) is 6.92 Å². The van der Waals surface area contributed by atoms with Crippen molar-refractivity contribution in [1.29, 1.82) is 0 Å². The van der Waals surface area contributed by atoms with E-state index in [4.69, 9.17) is 0 Å². The number of rotatable bonds is 5. The SMILES string of the molecule is CNC(c1ccccc1OC(F)F)c1ccsc1C. The smallest absolute Gasteiger partial charge is 0.387 e. The summed E-state index contributed by atoms with van der Waals surface area (Å²) in [7, 11) is 1.81. The fourth-order valence-electron chi connectivity index (χ4n) is 2.10. The van der Waals surface area contributed by atoms with Crippen molar-refractivity contribution < 1.29 is 13.5 Å². The first-order valence-electron chi connectivity index (χ1n) is 5.88. The first kappa shape index (κ1) is 14.0. The van der Waals surface area contributed by atoms with Crippen LogP contribution in [-0.2, 0) is 0 Å². The van der Waals surface area contributed by atoms with Gasteiger partial charge < -0.3 is 10.1 Å². The van der Waals surface area contributed by atoms with Gasteiger partial charge in [-0.15, -0.1) is 11.3 Å². The standard InChI is InChI=1S/C14H15F2NOS/c1-9-10(7-8-19-9)13(17-2)11-5-3-4-6-12(11)18-14(15)16/h3-8,13-14,17H,1-2H3. The molecule has 0 saturated carbocycles. The molecule has 1 heterocycles. The second-order valence-corrected chi connectivity index (χ2v) is 5.19. The summed E-state index contributed by atoms with van der Waals surface area (Å²) >= 11 is 1.63. The molecule has 1 unspecified atom stereocenters. The lowest BCUT2D eigenvalue weighted by Gasteiger charge is -2.20. The molecule has 0 radical (unpaired) electrons. The Bertz CT molecular complexity index is 542. The number of alkyl halides is 2. The Hall–Kier alpha value is -1.46. The minimum Gasteiger partial charge on any atom is -0.434 e. The number of thiophene rings is 1. The van der Waals surface area contributed by atoms with Crippen LogP contribution >= 0.6 is 11.3 Å². The fraction of sp³-hybridized carbons (Fsp3) is 0.286. The van der Waals surface area contributed by atoms with Crippen molar-refractivity contribution in [3.8, 4) is 5.75 Å². The summed E-state index contributed by atoms with van der Waals surface area (Å²) in [4.78, 5) is 1.16. The van der Waals surface area contributed by atoms with Crippen LogP contribution in [0.5, 0.6) is 5.75 Å². The van der Waals surface area contributed by atoms with E-state index in [1.54, 1.807) is 36.6 Å². The van der Waals surface area contributed by atoms with Crippen LogP contribution in [0.3, 0.4) is 0 Å². The lowest BCUT2D eigenvalue weighted by Crippen LogP contribution is -2.19. The normalized spacial score (nSPS) is 12.7. The third-order valence-electron chi connectivity index (χ3n) is 2.94. The molecule has 0 bridgehead atoms. The Morgan fingerprint density at radius 2 is 1.89 bits per heavy atom. The average Bonchev–Trinajstić information content (AvgIpc) is 2.78. The lowest BCUT2D eigenvalue weighted by molar-refractivity contribution is -0.0506. The van der Waals surface area contributed by atoms with Crippen LogP contribution in [0.4, 0.5) is 8.78 Å². The fourth-order valence-corrected chi connectivity index (χ4v) is 2.84. The number of benzene rings is 1. The van der Waals surface area contributed by atoms with Crippen molar-refractivity contribution in [2.45, 2.75) is 19.6 Å². The molecule has 102 valence electrons. The molecule has 0 aliphatic carbocycles. The van der Waals surface area contributed by atoms with Crippen molar-refractivity contribution in [2.24, 2.45) is 0 Å². The summed E-state index contributed by atoms with van der Waals surface area (Å²) in [6.45, 7) is -0.803. The zero-order valence-corrected chi connectivity index (χ0v) is 11.5. The van der Waals surface area contributed by atoms with Gasteiger partial charge >= 0.3 is 6.61 Å². The van der Waals surface area contributed by atoms with E-state index in [9.17, 15) is 8.78 Å². The number of nitrogens with one attached hydrogen (secondary N) is 1. The quantitative estimate of drug-likeness (QED) is 0.896. The van der Waals surface area contributed by atoms with E-state index in [2.05, 4.69) is 10.1 Å². The number of aryl methyl sites for hydroxylation is 1. The number of hydrogen-bond acceptors (Lipinski definition) is 3. The average molecular weight is 283 g/mol. The topological polar surface area (TPSA) is 21.3 Å². The van der Waals surface area contributed by atoms with Gasteiger partial charge in [-0.3, -0.25) is 0 Å². The second kappa shape index (κ2) is 6.12. The highest BCUT2D eigenvalue weighted by Gasteiger charge is 2.20. The van der Waals surface area contributed by atoms with Crippen LogP contribution < -0.4 is 10.1 Å². The van der Waals surface area contributed by atoms with E-state index in [0.717, 1.165) is 10.4 Å². The number of para-hydroxylation sites is 1. The molecular weight excluding hydrogens is 268 g/mol. The number of halogens is 2. The summed E-state index contributed by atoms with van der Waals surface area (Å²) in [5.74, 6) is 0.211. The highest BCUT2D eigenvalue weighted by Crippen LogP contribution is 2.33. The highest BCUT2D eigenvalue weighted by molar-refractivity contribution is 7.10. The van der Waals surface area contributed by atoms with Gasteiger partial charge in [0.05, 0.1) is 6.04 Å². The van der Waals surface area contributed by atoms with Crippen LogP contribution in [0.15, 0.2) is 35.7 Å². The monoisotopic (exact) mass is 283 g/mol. The highest BCUT2D eigenvalue weighted by atomic mass is 32.1. The van der Waals surface area contributed by atoms with Crippen molar-refractivity contribution in [2.75, 3.05) is 7.05 Å². The van der Waals surface area contributed by atoms with Gasteiger partial charge in [-0.1, -0.05) is 18.2 Å². The predicted octanol–water partition coefficient (Wildman–Crippen LogP) is 3.97. The van der Waals surface area contributed by atoms with Crippen LogP contribution in [0.2, 0.25) is 0 Å². The van der Waals surface area contributed by atoms with E-state index >= 15 is 0 Å². The Morgan fingerprint density at radius 3 is 2.47 bits per heavy atom. The summed E-state index contributed by atoms with van der Waals surface area (Å²) < 4.78 is 29.5. The van der Waals surface area contributed by atoms with Gasteiger partial charge in [0, 0.05) is 10.4 Å². The van der Waals surface area contributed by atoms with Crippen molar-refractivity contribution in [1.82, 2.24) is 5.32 Å². The molecule has 1 aromatic heterocycles. The summed E-state index contributed by atoms with van der Waals surface area (Å²) in [5.41, 5.74) is 1.80. The molecule has 0 aliphatic rings. The van der Waals surface area contributed by atoms with Crippen molar-refractivity contribution >= 4 is 11.3 Å². The van der Waals surface area contributed by atoms with Gasteiger partial charge in [0.15, 0.2) is 0 Å². The first-order valence-corrected chi connectivity index (χ1v) is 6.76. The second-order valence-electron chi connectivity index (χ2n) is 4.07. The molecule has 19 heavy (non-hydrogen) atoms. The van der Waals surface area contributed by atoms with Crippen molar-refractivity contribution in [3.05, 3.63) is 51.7 Å². The van der Waals surface area contributed by atoms with Gasteiger partial charge in [-0.25, -0.2) is 0 Å². The molecule has 0 fully saturated rings. The molecule has 2 aromatic rings. The summed E-state index contributed by atoms with van der Waals surface area (Å²) in [6, 6.07) is 8.72. The maximum absolute atomic E-state index is 12.4. The van der Waals surface area contributed by atoms with Gasteiger partial charge in [0.2, 0.25) is 0 Å². The first-order chi connectivity index (χ1) is 9.13. The minimum atomic E-state index is -2.82. The molecule has 1 atom stereocenters. The van der Waals surface area contributed by atoms with E-state index in [1.807, 2.05) is 24.4 Å². The molecular formula is C14H15F2NOS. The molecule has 2 rings (SSSR count). The molecule has 5 heteroatoms. The van der Waals surface area contributed by atoms with Gasteiger partial charge in [0.25, 0.3) is 0 Å². The van der Waals surface area contributed by atoms with E-state index in [0.29, 0.717) is 5.56 Å². The Balaban J connectivity index is 2.41. The molecule has 0 amide bonds. The summed E-state index contributed by atoms with van der Waals surface area (Å²) in [6.07, 6.45) is 0. The molecule has 0 spiro atoms. The number of ether oxygens (including phenoxy) is 1. The Morgan fingerprint density at radius 1 is 1.16 bits per heavy atom. The zero-order valence-electron chi connectivity index (χ0n) is 10.7. The van der Waals surface area contributed by atoms with E-state index < -0.39 is 6.61 Å². The predicted molar refractivity (Wildman–Crippen MR) is 73.0 cm³/mol. The van der Waals surface area contributed by atoms with Crippen LogP contribution in [0.1, 0.15) is 22.0 Å². The van der Waals surface area contributed by atoms with Gasteiger partial charge in [-0.2, -0.15) is 8.78 Å². The third kappa shape index (κ3) is 3.11. The van der Waals surface area contributed by atoms with E-state index in [-0.39, 0.29) is 11.8 Å². The maximum atomic E-state index is 12.4. The minimum absolute atomic E-state index is 0.152. The van der Waals surface area contributed by atoms with Gasteiger partial charge in [-0.05, 0) is 37.0 Å². The molecule has 1 aromatic carbocycles. The van der Waals surface area contributed by atoms with E-state index in [1.165, 1.54) is 0 Å². The third-order valence-corrected chi connectivity index (χ3v) is 3.81. The van der Waals surface area contributed by atoms with Crippen LogP contribution in [-0.4, -0.2) is 13.7 Å². The van der Waals surface area contributed by atoms with Crippen LogP contribution in [0.25, 0.3) is 0 Å². The molecule has 1 N–H and O–H groups in total. The molecule has 0 aliphatic heterocycles.